The fourth-order valence-corrected chi connectivity index (χ4v) is 3.77. The van der Waals surface area contributed by atoms with E-state index in [-0.39, 0.29) is 6.04 Å². The van der Waals surface area contributed by atoms with E-state index in [1.807, 2.05) is 37.4 Å². The Labute approximate surface area is 139 Å². The van der Waals surface area contributed by atoms with Crippen molar-refractivity contribution in [3.63, 3.8) is 0 Å². The third kappa shape index (κ3) is 3.90. The molecule has 0 saturated carbocycles. The molecule has 21 heavy (non-hydrogen) atoms. The summed E-state index contributed by atoms with van der Waals surface area (Å²) in [4.78, 5) is 3.35. The zero-order chi connectivity index (χ0) is 15.4. The Morgan fingerprint density at radius 1 is 1.29 bits per heavy atom. The molecule has 2 rings (SSSR count). The number of hydrogen-bond acceptors (Lipinski definition) is 4. The van der Waals surface area contributed by atoms with Crippen molar-refractivity contribution in [2.75, 3.05) is 20.7 Å². The molecule has 2 N–H and O–H groups in total. The molecule has 0 bridgehead atoms. The molecule has 1 aromatic heterocycles. The van der Waals surface area contributed by atoms with Crippen LogP contribution in [0, 0.1) is 0 Å². The first kappa shape index (κ1) is 16.6. The molecule has 0 aliphatic rings. The second-order valence-electron chi connectivity index (χ2n) is 4.73. The van der Waals surface area contributed by atoms with Crippen LogP contribution in [0.1, 0.15) is 16.5 Å². The molecule has 3 nitrogen and oxygen atoms in total. The second kappa shape index (κ2) is 7.47. The molecule has 1 unspecified atom stereocenters. The first-order valence-corrected chi connectivity index (χ1v) is 8.11. The Bertz CT molecular complexity index is 603. The van der Waals surface area contributed by atoms with Gasteiger partial charge in [0.1, 0.15) is 5.75 Å². The van der Waals surface area contributed by atoms with Gasteiger partial charge in [-0.25, -0.2) is 0 Å². The summed E-state index contributed by atoms with van der Waals surface area (Å²) < 4.78 is 6.22. The molecule has 0 amide bonds. The smallest absolute Gasteiger partial charge is 0.125 e. The van der Waals surface area contributed by atoms with Crippen LogP contribution in [0.5, 0.6) is 5.75 Å². The van der Waals surface area contributed by atoms with Crippen LogP contribution in [0.3, 0.4) is 0 Å². The minimum atomic E-state index is -0.0190. The number of nitrogens with zero attached hydrogens (tertiary/aromatic N) is 1. The Kier molecular flexibility index (Phi) is 5.90. The molecular weight excluding hydrogens is 327 g/mol. The number of benzene rings is 1. The monoisotopic (exact) mass is 344 g/mol. The van der Waals surface area contributed by atoms with Crippen LogP contribution in [0.25, 0.3) is 0 Å². The van der Waals surface area contributed by atoms with Gasteiger partial charge in [0.05, 0.1) is 17.5 Å². The summed E-state index contributed by atoms with van der Waals surface area (Å²) in [6.07, 6.45) is 0. The van der Waals surface area contributed by atoms with Crippen molar-refractivity contribution in [2.45, 2.75) is 12.6 Å². The highest BCUT2D eigenvalue weighted by molar-refractivity contribution is 7.16. The number of methoxy groups -OCH3 is 1. The summed E-state index contributed by atoms with van der Waals surface area (Å²) in [5, 5.41) is 0.667. The van der Waals surface area contributed by atoms with E-state index in [9.17, 15) is 0 Å². The average Bonchev–Trinajstić information content (AvgIpc) is 2.86. The van der Waals surface area contributed by atoms with Gasteiger partial charge in [-0.15, -0.1) is 11.3 Å². The molecular formula is C15H18Cl2N2OS. The van der Waals surface area contributed by atoms with Gasteiger partial charge in [0, 0.05) is 28.6 Å². The summed E-state index contributed by atoms with van der Waals surface area (Å²) >= 11 is 13.9. The van der Waals surface area contributed by atoms with Gasteiger partial charge in [0.2, 0.25) is 0 Å². The van der Waals surface area contributed by atoms with E-state index >= 15 is 0 Å². The molecule has 2 aromatic rings. The molecule has 0 saturated heterocycles. The van der Waals surface area contributed by atoms with E-state index in [2.05, 4.69) is 4.90 Å². The SMILES string of the molecule is COc1cccc(Cl)c1C(CN)N(C)Cc1ccc(Cl)s1. The minimum absolute atomic E-state index is 0.0190. The van der Waals surface area contributed by atoms with Crippen LogP contribution in [0.15, 0.2) is 30.3 Å². The van der Waals surface area contributed by atoms with Crippen molar-refractivity contribution in [1.82, 2.24) is 4.90 Å². The average molecular weight is 345 g/mol. The highest BCUT2D eigenvalue weighted by atomic mass is 35.5. The Morgan fingerprint density at radius 2 is 2.05 bits per heavy atom. The fourth-order valence-electron chi connectivity index (χ4n) is 2.33. The first-order chi connectivity index (χ1) is 10.1. The van der Waals surface area contributed by atoms with E-state index in [1.165, 1.54) is 4.88 Å². The third-order valence-electron chi connectivity index (χ3n) is 3.36. The molecule has 0 spiro atoms. The maximum Gasteiger partial charge on any atom is 0.125 e. The van der Waals surface area contributed by atoms with Crippen molar-refractivity contribution in [2.24, 2.45) is 5.73 Å². The molecule has 114 valence electrons. The summed E-state index contributed by atoms with van der Waals surface area (Å²) in [6, 6.07) is 9.55. The van der Waals surface area contributed by atoms with E-state index in [0.29, 0.717) is 11.6 Å². The van der Waals surface area contributed by atoms with E-state index in [4.69, 9.17) is 33.7 Å². The van der Waals surface area contributed by atoms with Gasteiger partial charge in [0.25, 0.3) is 0 Å². The van der Waals surface area contributed by atoms with Crippen molar-refractivity contribution in [3.05, 3.63) is 50.1 Å². The van der Waals surface area contributed by atoms with Crippen LogP contribution in [0.4, 0.5) is 0 Å². The summed E-state index contributed by atoms with van der Waals surface area (Å²) in [6.45, 7) is 1.21. The van der Waals surface area contributed by atoms with Crippen molar-refractivity contribution in [1.29, 1.82) is 0 Å². The molecule has 1 aromatic carbocycles. The van der Waals surface area contributed by atoms with Gasteiger partial charge in [-0.1, -0.05) is 29.3 Å². The molecule has 0 aliphatic carbocycles. The molecule has 1 heterocycles. The Hall–Kier alpha value is -0.780. The number of nitrogens with two attached hydrogens (primary N) is 1. The molecule has 6 heteroatoms. The van der Waals surface area contributed by atoms with Crippen LogP contribution in [0.2, 0.25) is 9.36 Å². The third-order valence-corrected chi connectivity index (χ3v) is 4.90. The second-order valence-corrected chi connectivity index (χ2v) is 6.94. The zero-order valence-corrected chi connectivity index (χ0v) is 14.3. The lowest BCUT2D eigenvalue weighted by Gasteiger charge is -2.28. The summed E-state index contributed by atoms with van der Waals surface area (Å²) in [5.41, 5.74) is 6.90. The van der Waals surface area contributed by atoms with Crippen molar-refractivity contribution >= 4 is 34.5 Å². The van der Waals surface area contributed by atoms with Gasteiger partial charge >= 0.3 is 0 Å². The van der Waals surface area contributed by atoms with Crippen LogP contribution < -0.4 is 10.5 Å². The van der Waals surface area contributed by atoms with Gasteiger partial charge < -0.3 is 10.5 Å². The highest BCUT2D eigenvalue weighted by Gasteiger charge is 2.22. The van der Waals surface area contributed by atoms with Crippen LogP contribution >= 0.6 is 34.5 Å². The Balaban J connectivity index is 2.26. The predicted molar refractivity (Wildman–Crippen MR) is 90.6 cm³/mol. The molecule has 0 aliphatic heterocycles. The predicted octanol–water partition coefficient (Wildman–Crippen LogP) is 4.20. The van der Waals surface area contributed by atoms with Gasteiger partial charge in [-0.05, 0) is 31.3 Å². The summed E-state index contributed by atoms with van der Waals surface area (Å²) in [7, 11) is 3.66. The maximum atomic E-state index is 6.35. The maximum absolute atomic E-state index is 6.35. The van der Waals surface area contributed by atoms with Crippen LogP contribution in [-0.2, 0) is 6.54 Å². The largest absolute Gasteiger partial charge is 0.496 e. The number of ether oxygens (including phenoxy) is 1. The number of hydrogen-bond donors (Lipinski definition) is 1. The summed E-state index contributed by atoms with van der Waals surface area (Å²) in [5.74, 6) is 0.758. The van der Waals surface area contributed by atoms with E-state index in [0.717, 1.165) is 22.2 Å². The zero-order valence-electron chi connectivity index (χ0n) is 12.0. The van der Waals surface area contributed by atoms with Gasteiger partial charge in [-0.2, -0.15) is 0 Å². The fraction of sp³-hybridized carbons (Fsp3) is 0.333. The Morgan fingerprint density at radius 3 is 2.62 bits per heavy atom. The lowest BCUT2D eigenvalue weighted by atomic mass is 10.0. The molecule has 1 atom stereocenters. The lowest BCUT2D eigenvalue weighted by Crippen LogP contribution is -2.30. The van der Waals surface area contributed by atoms with E-state index < -0.39 is 0 Å². The molecule has 0 fully saturated rings. The minimum Gasteiger partial charge on any atom is -0.496 e. The normalized spacial score (nSPS) is 12.7. The number of rotatable bonds is 6. The quantitative estimate of drug-likeness (QED) is 0.853. The number of thiophene rings is 1. The van der Waals surface area contributed by atoms with Crippen molar-refractivity contribution < 1.29 is 4.74 Å². The van der Waals surface area contributed by atoms with Crippen LogP contribution in [-0.4, -0.2) is 25.6 Å². The standard InChI is InChI=1S/C15H18Cl2N2OS/c1-19(9-10-6-7-14(17)21-10)12(8-18)15-11(16)4-3-5-13(15)20-2/h3-7,12H,8-9,18H2,1-2H3. The number of likely N-dealkylation sites (N-methyl/N-ethyl adjacent to an activating group) is 1. The molecule has 0 radical (unpaired) electrons. The number of halogens is 2. The lowest BCUT2D eigenvalue weighted by molar-refractivity contribution is 0.238. The van der Waals surface area contributed by atoms with Gasteiger partial charge in [0.15, 0.2) is 0 Å². The first-order valence-electron chi connectivity index (χ1n) is 6.53. The topological polar surface area (TPSA) is 38.5 Å². The van der Waals surface area contributed by atoms with Crippen molar-refractivity contribution in [3.8, 4) is 5.75 Å². The highest BCUT2D eigenvalue weighted by Crippen LogP contribution is 2.35. The van der Waals surface area contributed by atoms with Gasteiger partial charge in [-0.3, -0.25) is 4.90 Å². The van der Waals surface area contributed by atoms with E-state index in [1.54, 1.807) is 18.4 Å².